The molecule has 2 rings (SSSR count). The van der Waals surface area contributed by atoms with Crippen LogP contribution >= 0.6 is 15.9 Å². The number of aromatic nitrogens is 2. The second-order valence-corrected chi connectivity index (χ2v) is 4.87. The van der Waals surface area contributed by atoms with Crippen LogP contribution in [0.25, 0.3) is 11.4 Å². The quantitative estimate of drug-likeness (QED) is 0.905. The lowest BCUT2D eigenvalue weighted by atomic mass is 10.2. The molecule has 0 spiro atoms. The Hall–Kier alpha value is -1.96. The van der Waals surface area contributed by atoms with Crippen molar-refractivity contribution in [3.63, 3.8) is 0 Å². The van der Waals surface area contributed by atoms with Crippen LogP contribution in [-0.4, -0.2) is 23.7 Å². The third-order valence-electron chi connectivity index (χ3n) is 2.68. The van der Waals surface area contributed by atoms with Gasteiger partial charge in [0.25, 0.3) is 0 Å². The maximum atomic E-state index is 12.4. The molecule has 21 heavy (non-hydrogen) atoms. The highest BCUT2D eigenvalue weighted by Gasteiger charge is 2.14. The third kappa shape index (κ3) is 3.38. The number of ether oxygens (including phenoxy) is 2. The van der Waals surface area contributed by atoms with Crippen LogP contribution in [0.4, 0.5) is 14.6 Å². The van der Waals surface area contributed by atoms with Crippen molar-refractivity contribution in [3.8, 4) is 22.9 Å². The summed E-state index contributed by atoms with van der Waals surface area (Å²) in [6.45, 7) is -1.20. The average molecular weight is 360 g/mol. The number of hydrogen-bond donors (Lipinski definition) is 1. The molecule has 0 amide bonds. The Labute approximate surface area is 128 Å². The molecule has 0 radical (unpaired) electrons. The molecule has 0 saturated heterocycles. The highest BCUT2D eigenvalue weighted by atomic mass is 79.9. The van der Waals surface area contributed by atoms with Gasteiger partial charge in [-0.1, -0.05) is 0 Å². The van der Waals surface area contributed by atoms with Crippen molar-refractivity contribution in [1.82, 2.24) is 9.97 Å². The summed E-state index contributed by atoms with van der Waals surface area (Å²) in [5.74, 6) is 0.688. The number of nitrogens with zero attached hydrogens (tertiary/aromatic N) is 2. The third-order valence-corrected chi connectivity index (χ3v) is 3.66. The summed E-state index contributed by atoms with van der Waals surface area (Å²) in [6.07, 6.45) is 0. The summed E-state index contributed by atoms with van der Waals surface area (Å²) in [7, 11) is 1.37. The zero-order valence-electron chi connectivity index (χ0n) is 11.2. The Kier molecular flexibility index (Phi) is 4.56. The number of alkyl halides is 2. The number of aryl methyl sites for hydroxylation is 1. The van der Waals surface area contributed by atoms with Gasteiger partial charge in [-0.2, -0.15) is 8.78 Å². The Bertz CT molecular complexity index is 645. The predicted octanol–water partition coefficient (Wildman–Crippen LogP) is 3.41. The lowest BCUT2D eigenvalue weighted by Crippen LogP contribution is -2.04. The fourth-order valence-electron chi connectivity index (χ4n) is 1.71. The van der Waals surface area contributed by atoms with Crippen LogP contribution in [0.1, 0.15) is 5.69 Å². The molecular weight excluding hydrogens is 348 g/mol. The van der Waals surface area contributed by atoms with Crippen LogP contribution in [0, 0.1) is 6.92 Å². The van der Waals surface area contributed by atoms with Gasteiger partial charge in [-0.15, -0.1) is 0 Å². The molecule has 8 heteroatoms. The zero-order chi connectivity index (χ0) is 15.6. The lowest BCUT2D eigenvalue weighted by molar-refractivity contribution is -0.0511. The van der Waals surface area contributed by atoms with Crippen LogP contribution in [0.15, 0.2) is 22.7 Å². The Morgan fingerprint density at radius 3 is 2.52 bits per heavy atom. The standard InChI is InChI=1S/C13H12BrF2N3O2/c1-6-10(14)11(17)19-12(18-6)7-3-4-8(20-2)9(5-7)21-13(15)16/h3-5,13H,1-2H3,(H2,17,18,19). The van der Waals surface area contributed by atoms with E-state index in [0.717, 1.165) is 0 Å². The van der Waals surface area contributed by atoms with Crippen molar-refractivity contribution in [3.05, 3.63) is 28.4 Å². The van der Waals surface area contributed by atoms with E-state index in [1.807, 2.05) is 0 Å². The molecule has 2 N–H and O–H groups in total. The van der Waals surface area contributed by atoms with Crippen molar-refractivity contribution in [2.75, 3.05) is 12.8 Å². The molecule has 0 atom stereocenters. The fraction of sp³-hybridized carbons (Fsp3) is 0.231. The number of anilines is 1. The van der Waals surface area contributed by atoms with E-state index < -0.39 is 6.61 Å². The largest absolute Gasteiger partial charge is 0.493 e. The van der Waals surface area contributed by atoms with Crippen molar-refractivity contribution >= 4 is 21.7 Å². The van der Waals surface area contributed by atoms with Crippen LogP contribution in [0.5, 0.6) is 11.5 Å². The molecule has 0 fully saturated rings. The number of nitrogens with two attached hydrogens (primary N) is 1. The molecule has 0 aliphatic rings. The molecule has 1 heterocycles. The number of benzene rings is 1. The van der Waals surface area contributed by atoms with Gasteiger partial charge >= 0.3 is 6.61 Å². The first-order valence-corrected chi connectivity index (χ1v) is 6.64. The Morgan fingerprint density at radius 2 is 1.95 bits per heavy atom. The molecule has 0 aliphatic heterocycles. The normalized spacial score (nSPS) is 10.8. The first-order valence-electron chi connectivity index (χ1n) is 5.85. The van der Waals surface area contributed by atoms with Gasteiger partial charge in [-0.25, -0.2) is 9.97 Å². The summed E-state index contributed by atoms with van der Waals surface area (Å²) >= 11 is 3.26. The number of halogens is 3. The fourth-order valence-corrected chi connectivity index (χ4v) is 1.89. The summed E-state index contributed by atoms with van der Waals surface area (Å²) in [5.41, 5.74) is 6.90. The van der Waals surface area contributed by atoms with Crippen LogP contribution in [0.2, 0.25) is 0 Å². The molecule has 2 aromatic rings. The second kappa shape index (κ2) is 6.21. The summed E-state index contributed by atoms with van der Waals surface area (Å²) < 4.78 is 34.8. The smallest absolute Gasteiger partial charge is 0.387 e. The first-order chi connectivity index (χ1) is 9.92. The maximum Gasteiger partial charge on any atom is 0.387 e. The summed E-state index contributed by atoms with van der Waals surface area (Å²) in [5, 5.41) is 0. The average Bonchev–Trinajstić information content (AvgIpc) is 2.43. The number of nitrogen functional groups attached to an aromatic ring is 1. The second-order valence-electron chi connectivity index (χ2n) is 4.08. The minimum Gasteiger partial charge on any atom is -0.493 e. The first kappa shape index (κ1) is 15.4. The SMILES string of the molecule is COc1ccc(-c2nc(C)c(Br)c(N)n2)cc1OC(F)F. The van der Waals surface area contributed by atoms with Gasteiger partial charge in [0.1, 0.15) is 5.82 Å². The van der Waals surface area contributed by atoms with E-state index in [4.69, 9.17) is 10.5 Å². The molecule has 0 aliphatic carbocycles. The van der Waals surface area contributed by atoms with E-state index in [1.165, 1.54) is 19.2 Å². The molecular formula is C13H12BrF2N3O2. The summed E-state index contributed by atoms with van der Waals surface area (Å²) in [4.78, 5) is 8.37. The van der Waals surface area contributed by atoms with Crippen molar-refractivity contribution in [2.24, 2.45) is 0 Å². The maximum absolute atomic E-state index is 12.4. The minimum atomic E-state index is -2.95. The van der Waals surface area contributed by atoms with Gasteiger partial charge in [0.05, 0.1) is 17.3 Å². The zero-order valence-corrected chi connectivity index (χ0v) is 12.8. The molecule has 0 bridgehead atoms. The predicted molar refractivity (Wildman–Crippen MR) is 77.5 cm³/mol. The minimum absolute atomic E-state index is 0.0901. The van der Waals surface area contributed by atoms with Gasteiger partial charge in [0.2, 0.25) is 0 Å². The van der Waals surface area contributed by atoms with Gasteiger partial charge in [0, 0.05) is 5.56 Å². The lowest BCUT2D eigenvalue weighted by Gasteiger charge is -2.12. The van der Waals surface area contributed by atoms with Gasteiger partial charge in [0.15, 0.2) is 17.3 Å². The van der Waals surface area contributed by atoms with Crippen LogP contribution < -0.4 is 15.2 Å². The number of rotatable bonds is 4. The van der Waals surface area contributed by atoms with Crippen molar-refractivity contribution < 1.29 is 18.3 Å². The highest BCUT2D eigenvalue weighted by molar-refractivity contribution is 9.10. The van der Waals surface area contributed by atoms with E-state index >= 15 is 0 Å². The topological polar surface area (TPSA) is 70.3 Å². The van der Waals surface area contributed by atoms with Gasteiger partial charge < -0.3 is 15.2 Å². The Balaban J connectivity index is 2.49. The van der Waals surface area contributed by atoms with Gasteiger partial charge in [-0.05, 0) is 41.1 Å². The van der Waals surface area contributed by atoms with Crippen LogP contribution in [-0.2, 0) is 0 Å². The van der Waals surface area contributed by atoms with Crippen molar-refractivity contribution in [1.29, 1.82) is 0 Å². The van der Waals surface area contributed by atoms with Crippen LogP contribution in [0.3, 0.4) is 0 Å². The number of methoxy groups -OCH3 is 1. The van der Waals surface area contributed by atoms with E-state index in [2.05, 4.69) is 30.6 Å². The monoisotopic (exact) mass is 359 g/mol. The summed E-state index contributed by atoms with van der Waals surface area (Å²) in [6, 6.07) is 4.52. The molecule has 0 saturated carbocycles. The molecule has 0 unspecified atom stereocenters. The molecule has 112 valence electrons. The van der Waals surface area contributed by atoms with E-state index in [1.54, 1.807) is 13.0 Å². The molecule has 5 nitrogen and oxygen atoms in total. The van der Waals surface area contributed by atoms with E-state index in [0.29, 0.717) is 21.6 Å². The van der Waals surface area contributed by atoms with E-state index in [-0.39, 0.29) is 17.3 Å². The molecule has 1 aromatic carbocycles. The van der Waals surface area contributed by atoms with Crippen molar-refractivity contribution in [2.45, 2.75) is 13.5 Å². The number of hydrogen-bond acceptors (Lipinski definition) is 5. The molecule has 1 aromatic heterocycles. The van der Waals surface area contributed by atoms with Gasteiger partial charge in [-0.3, -0.25) is 0 Å². The van der Waals surface area contributed by atoms with E-state index in [9.17, 15) is 8.78 Å². The Morgan fingerprint density at radius 1 is 1.24 bits per heavy atom. The highest BCUT2D eigenvalue weighted by Crippen LogP contribution is 2.33.